The van der Waals surface area contributed by atoms with E-state index in [2.05, 4.69) is 33.4 Å². The first-order valence-corrected chi connectivity index (χ1v) is 11.3. The Morgan fingerprint density at radius 1 is 1.03 bits per heavy atom. The van der Waals surface area contributed by atoms with E-state index in [1.807, 2.05) is 41.3 Å². The molecule has 152 valence electrons. The molecule has 5 heteroatoms. The molecule has 2 aromatic carbocycles. The van der Waals surface area contributed by atoms with Crippen LogP contribution in [-0.2, 0) is 21.5 Å². The van der Waals surface area contributed by atoms with Gasteiger partial charge in [-0.15, -0.1) is 0 Å². The van der Waals surface area contributed by atoms with E-state index in [9.17, 15) is 9.59 Å². The zero-order chi connectivity index (χ0) is 20.3. The van der Waals surface area contributed by atoms with Crippen LogP contribution in [0.2, 0.25) is 0 Å². The van der Waals surface area contributed by atoms with Crippen LogP contribution in [-0.4, -0.2) is 23.3 Å². The Kier molecular flexibility index (Phi) is 6.04. The standard InChI is InChI=1S/C24H27BrN2O2/c25-20-11-9-19(10-12-20)24(13-2-3-14-24)23(29)26-21-7-5-6-18(16-21)17-27-15-4-1-8-22(27)28/h5-7,9-12,16H,1-4,8,13-15,17H2,(H,26,29). The molecule has 1 heterocycles. The summed E-state index contributed by atoms with van der Waals surface area (Å²) >= 11 is 3.49. The SMILES string of the molecule is O=C1CCCCN1Cc1cccc(NC(=O)C2(c3ccc(Br)cc3)CCCC2)c1. The van der Waals surface area contributed by atoms with Gasteiger partial charge in [0.1, 0.15) is 0 Å². The Hall–Kier alpha value is -2.14. The van der Waals surface area contributed by atoms with E-state index >= 15 is 0 Å². The summed E-state index contributed by atoms with van der Waals surface area (Å²) in [6.07, 6.45) is 6.60. The average molecular weight is 455 g/mol. The van der Waals surface area contributed by atoms with Gasteiger partial charge < -0.3 is 10.2 Å². The molecule has 0 unspecified atom stereocenters. The van der Waals surface area contributed by atoms with Gasteiger partial charge in [-0.25, -0.2) is 0 Å². The topological polar surface area (TPSA) is 49.4 Å². The zero-order valence-corrected chi connectivity index (χ0v) is 18.2. The van der Waals surface area contributed by atoms with E-state index in [1.165, 1.54) is 0 Å². The number of hydrogen-bond donors (Lipinski definition) is 1. The Morgan fingerprint density at radius 3 is 2.52 bits per heavy atom. The molecular weight excluding hydrogens is 428 g/mol. The first-order chi connectivity index (χ1) is 14.1. The van der Waals surface area contributed by atoms with Crippen LogP contribution in [0.5, 0.6) is 0 Å². The molecule has 4 rings (SSSR count). The number of anilines is 1. The molecule has 1 aliphatic heterocycles. The van der Waals surface area contributed by atoms with Crippen LogP contribution in [0.3, 0.4) is 0 Å². The Balaban J connectivity index is 1.51. The molecule has 29 heavy (non-hydrogen) atoms. The van der Waals surface area contributed by atoms with Crippen molar-refractivity contribution in [1.29, 1.82) is 0 Å². The van der Waals surface area contributed by atoms with Crippen LogP contribution < -0.4 is 5.32 Å². The van der Waals surface area contributed by atoms with Crippen molar-refractivity contribution in [3.8, 4) is 0 Å². The summed E-state index contributed by atoms with van der Waals surface area (Å²) in [6.45, 7) is 1.43. The number of halogens is 1. The summed E-state index contributed by atoms with van der Waals surface area (Å²) in [4.78, 5) is 27.4. The second-order valence-corrected chi connectivity index (χ2v) is 9.14. The quantitative estimate of drug-likeness (QED) is 0.655. The predicted molar refractivity (Wildman–Crippen MR) is 119 cm³/mol. The lowest BCUT2D eigenvalue weighted by Gasteiger charge is -2.29. The summed E-state index contributed by atoms with van der Waals surface area (Å²) < 4.78 is 1.02. The molecule has 1 aliphatic carbocycles. The smallest absolute Gasteiger partial charge is 0.235 e. The van der Waals surface area contributed by atoms with Crippen molar-refractivity contribution in [2.24, 2.45) is 0 Å². The fourth-order valence-corrected chi connectivity index (χ4v) is 4.91. The third-order valence-corrected chi connectivity index (χ3v) is 6.80. The molecule has 2 aromatic rings. The highest BCUT2D eigenvalue weighted by Gasteiger charge is 2.42. The number of nitrogens with zero attached hydrogens (tertiary/aromatic N) is 1. The van der Waals surface area contributed by atoms with Gasteiger partial charge in [-0.2, -0.15) is 0 Å². The van der Waals surface area contributed by atoms with Crippen molar-refractivity contribution in [3.05, 3.63) is 64.1 Å². The lowest BCUT2D eigenvalue weighted by molar-refractivity contribution is -0.133. The van der Waals surface area contributed by atoms with Gasteiger partial charge in [0.05, 0.1) is 5.41 Å². The highest BCUT2D eigenvalue weighted by atomic mass is 79.9. The molecule has 4 nitrogen and oxygen atoms in total. The van der Waals surface area contributed by atoms with E-state index < -0.39 is 5.41 Å². The van der Waals surface area contributed by atoms with Gasteiger partial charge in [0.25, 0.3) is 0 Å². The second kappa shape index (κ2) is 8.70. The van der Waals surface area contributed by atoms with Gasteiger partial charge in [0.15, 0.2) is 0 Å². The van der Waals surface area contributed by atoms with Crippen LogP contribution in [0, 0.1) is 0 Å². The van der Waals surface area contributed by atoms with Crippen molar-refractivity contribution >= 4 is 33.4 Å². The fraction of sp³-hybridized carbons (Fsp3) is 0.417. The van der Waals surface area contributed by atoms with Gasteiger partial charge in [0, 0.05) is 29.7 Å². The van der Waals surface area contributed by atoms with Gasteiger partial charge in [-0.1, -0.05) is 53.0 Å². The lowest BCUT2D eigenvalue weighted by Crippen LogP contribution is -2.38. The second-order valence-electron chi connectivity index (χ2n) is 8.22. The Bertz CT molecular complexity index is 888. The van der Waals surface area contributed by atoms with Gasteiger partial charge >= 0.3 is 0 Å². The maximum Gasteiger partial charge on any atom is 0.235 e. The highest BCUT2D eigenvalue weighted by molar-refractivity contribution is 9.10. The third-order valence-electron chi connectivity index (χ3n) is 6.27. The molecule has 0 spiro atoms. The summed E-state index contributed by atoms with van der Waals surface area (Å²) in [5, 5.41) is 3.17. The largest absolute Gasteiger partial charge is 0.338 e. The van der Waals surface area contributed by atoms with E-state index in [-0.39, 0.29) is 11.8 Å². The highest BCUT2D eigenvalue weighted by Crippen LogP contribution is 2.42. The van der Waals surface area contributed by atoms with Crippen molar-refractivity contribution in [2.45, 2.75) is 56.9 Å². The van der Waals surface area contributed by atoms with Gasteiger partial charge in [-0.3, -0.25) is 9.59 Å². The Morgan fingerprint density at radius 2 is 1.79 bits per heavy atom. The van der Waals surface area contributed by atoms with Crippen molar-refractivity contribution in [1.82, 2.24) is 4.90 Å². The number of likely N-dealkylation sites (tertiary alicyclic amines) is 1. The number of carbonyl (C=O) groups excluding carboxylic acids is 2. The Labute approximate surface area is 180 Å². The molecule has 1 saturated carbocycles. The molecule has 2 amide bonds. The number of benzene rings is 2. The van der Waals surface area contributed by atoms with Crippen molar-refractivity contribution < 1.29 is 9.59 Å². The first kappa shape index (κ1) is 20.1. The van der Waals surface area contributed by atoms with Crippen LogP contribution in [0.1, 0.15) is 56.1 Å². The number of amides is 2. The van der Waals surface area contributed by atoms with Crippen LogP contribution in [0.25, 0.3) is 0 Å². The summed E-state index contributed by atoms with van der Waals surface area (Å²) in [7, 11) is 0. The maximum absolute atomic E-state index is 13.4. The van der Waals surface area contributed by atoms with Crippen LogP contribution in [0.4, 0.5) is 5.69 Å². The molecular formula is C24H27BrN2O2. The van der Waals surface area contributed by atoms with Gasteiger partial charge in [0.2, 0.25) is 11.8 Å². The van der Waals surface area contributed by atoms with E-state index in [0.29, 0.717) is 13.0 Å². The van der Waals surface area contributed by atoms with Crippen molar-refractivity contribution in [2.75, 3.05) is 11.9 Å². The van der Waals surface area contributed by atoms with Crippen LogP contribution >= 0.6 is 15.9 Å². The number of hydrogen-bond acceptors (Lipinski definition) is 2. The van der Waals surface area contributed by atoms with Gasteiger partial charge in [-0.05, 0) is 61.1 Å². The minimum absolute atomic E-state index is 0.0727. The lowest BCUT2D eigenvalue weighted by atomic mass is 9.78. The molecule has 1 N–H and O–H groups in total. The average Bonchev–Trinajstić information content (AvgIpc) is 3.22. The fourth-order valence-electron chi connectivity index (χ4n) is 4.64. The summed E-state index contributed by atoms with van der Waals surface area (Å²) in [6, 6.07) is 16.1. The molecule has 2 aliphatic rings. The molecule has 0 atom stereocenters. The minimum atomic E-state index is -0.459. The molecule has 0 bridgehead atoms. The van der Waals surface area contributed by atoms with E-state index in [1.54, 1.807) is 0 Å². The number of nitrogens with one attached hydrogen (secondary N) is 1. The first-order valence-electron chi connectivity index (χ1n) is 10.5. The summed E-state index contributed by atoms with van der Waals surface area (Å²) in [5.41, 5.74) is 2.49. The molecule has 0 radical (unpaired) electrons. The third kappa shape index (κ3) is 4.40. The number of piperidine rings is 1. The summed E-state index contributed by atoms with van der Waals surface area (Å²) in [5.74, 6) is 0.300. The molecule has 1 saturated heterocycles. The van der Waals surface area contributed by atoms with Crippen molar-refractivity contribution in [3.63, 3.8) is 0 Å². The number of carbonyl (C=O) groups is 2. The van der Waals surface area contributed by atoms with Crippen LogP contribution in [0.15, 0.2) is 53.0 Å². The normalized spacial score (nSPS) is 18.7. The number of rotatable bonds is 5. The van der Waals surface area contributed by atoms with E-state index in [4.69, 9.17) is 0 Å². The van der Waals surface area contributed by atoms with E-state index in [0.717, 1.165) is 66.4 Å². The zero-order valence-electron chi connectivity index (χ0n) is 16.6. The minimum Gasteiger partial charge on any atom is -0.338 e. The monoisotopic (exact) mass is 454 g/mol. The molecule has 2 fully saturated rings. The maximum atomic E-state index is 13.4. The predicted octanol–water partition coefficient (Wildman–Crippen LogP) is 5.41. The molecule has 0 aromatic heterocycles.